The number of nitrogen functional groups attached to an aromatic ring is 1. The summed E-state index contributed by atoms with van der Waals surface area (Å²) in [4.78, 5) is 19.5. The molecule has 0 spiro atoms. The number of nitrogens with two attached hydrogens (primary N) is 1. The number of carbonyl (C=O) groups excluding carboxylic acids is 1. The number of nitrogens with zero attached hydrogens (tertiary/aromatic N) is 1. The molecule has 1 aliphatic rings. The number of carbonyl (C=O) groups is 1. The summed E-state index contributed by atoms with van der Waals surface area (Å²) in [5, 5.41) is 3.70. The third-order valence-corrected chi connectivity index (χ3v) is 4.34. The summed E-state index contributed by atoms with van der Waals surface area (Å²) in [6.07, 6.45) is 0. The number of allylic oxidation sites excluding steroid dienone is 1. The van der Waals surface area contributed by atoms with Gasteiger partial charge in [-0.3, -0.25) is 0 Å². The molecule has 1 aliphatic heterocycles. The molecule has 2 heterocycles. The van der Waals surface area contributed by atoms with E-state index in [2.05, 4.69) is 15.3 Å². The second-order valence-corrected chi connectivity index (χ2v) is 6.18. The summed E-state index contributed by atoms with van der Waals surface area (Å²) >= 11 is 11.1. The maximum Gasteiger partial charge on any atom is 0.336 e. The fourth-order valence-corrected chi connectivity index (χ4v) is 3.19. The standard InChI is InChI=1S/C16H15ClN4O2S/c1-7-10(15(22)23-2)11(8-3-5-9(17)6-4-8)12-13(18)20-16(24)21-14(12)19-7/h3-6,11H,1-2H3,(H4,18,19,20,21,24). The van der Waals surface area contributed by atoms with Crippen molar-refractivity contribution < 1.29 is 9.53 Å². The van der Waals surface area contributed by atoms with Crippen molar-refractivity contribution in [2.24, 2.45) is 0 Å². The maximum atomic E-state index is 12.4. The van der Waals surface area contributed by atoms with Gasteiger partial charge >= 0.3 is 5.97 Å². The molecule has 0 saturated heterocycles. The van der Waals surface area contributed by atoms with E-state index in [0.29, 0.717) is 33.5 Å². The van der Waals surface area contributed by atoms with Crippen molar-refractivity contribution in [2.75, 3.05) is 18.2 Å². The number of ether oxygens (including phenoxy) is 1. The lowest BCUT2D eigenvalue weighted by Gasteiger charge is -2.29. The van der Waals surface area contributed by atoms with Crippen molar-refractivity contribution in [3.05, 3.63) is 56.5 Å². The van der Waals surface area contributed by atoms with Gasteiger partial charge in [-0.05, 0) is 36.8 Å². The highest BCUT2D eigenvalue weighted by Crippen LogP contribution is 2.43. The number of benzene rings is 1. The van der Waals surface area contributed by atoms with Crippen LogP contribution in [0, 0.1) is 4.77 Å². The molecule has 4 N–H and O–H groups in total. The second-order valence-electron chi connectivity index (χ2n) is 5.36. The molecule has 124 valence electrons. The molecule has 6 nitrogen and oxygen atoms in total. The lowest BCUT2D eigenvalue weighted by atomic mass is 9.82. The number of aromatic amines is 1. The van der Waals surface area contributed by atoms with Crippen molar-refractivity contribution in [1.82, 2.24) is 9.97 Å². The van der Waals surface area contributed by atoms with Gasteiger partial charge in [0.2, 0.25) is 0 Å². The summed E-state index contributed by atoms with van der Waals surface area (Å²) in [7, 11) is 1.34. The maximum absolute atomic E-state index is 12.4. The molecule has 2 aromatic rings. The number of anilines is 2. The monoisotopic (exact) mass is 362 g/mol. The summed E-state index contributed by atoms with van der Waals surface area (Å²) in [6, 6.07) is 7.22. The smallest absolute Gasteiger partial charge is 0.336 e. The predicted molar refractivity (Wildman–Crippen MR) is 95.5 cm³/mol. The third-order valence-electron chi connectivity index (χ3n) is 3.90. The van der Waals surface area contributed by atoms with Crippen LogP contribution in [0.3, 0.4) is 0 Å². The molecule has 1 aromatic carbocycles. The number of hydrogen-bond donors (Lipinski definition) is 3. The minimum atomic E-state index is -0.440. The minimum absolute atomic E-state index is 0.267. The van der Waals surface area contributed by atoms with Crippen LogP contribution in [-0.2, 0) is 9.53 Å². The lowest BCUT2D eigenvalue weighted by molar-refractivity contribution is -0.136. The fourth-order valence-electron chi connectivity index (χ4n) is 2.86. The second kappa shape index (κ2) is 6.26. The number of fused-ring (bicyclic) bond motifs is 1. The van der Waals surface area contributed by atoms with Crippen LogP contribution in [-0.4, -0.2) is 23.0 Å². The van der Waals surface area contributed by atoms with E-state index in [0.717, 1.165) is 5.56 Å². The zero-order valence-electron chi connectivity index (χ0n) is 13.0. The van der Waals surface area contributed by atoms with E-state index in [4.69, 9.17) is 34.3 Å². The first-order valence-electron chi connectivity index (χ1n) is 7.13. The van der Waals surface area contributed by atoms with Gasteiger partial charge < -0.3 is 20.8 Å². The van der Waals surface area contributed by atoms with Crippen molar-refractivity contribution in [1.29, 1.82) is 0 Å². The van der Waals surface area contributed by atoms with Gasteiger partial charge in [0.05, 0.1) is 18.6 Å². The van der Waals surface area contributed by atoms with Crippen LogP contribution in [0.5, 0.6) is 0 Å². The van der Waals surface area contributed by atoms with E-state index >= 15 is 0 Å². The van der Waals surface area contributed by atoms with Gasteiger partial charge in [0.15, 0.2) is 4.77 Å². The van der Waals surface area contributed by atoms with Crippen LogP contribution >= 0.6 is 23.8 Å². The largest absolute Gasteiger partial charge is 0.466 e. The number of methoxy groups -OCH3 is 1. The van der Waals surface area contributed by atoms with Crippen LogP contribution in [0.25, 0.3) is 0 Å². The molecule has 0 radical (unpaired) electrons. The number of hydrogen-bond acceptors (Lipinski definition) is 6. The van der Waals surface area contributed by atoms with Crippen LogP contribution in [0.1, 0.15) is 24.0 Å². The van der Waals surface area contributed by atoms with E-state index in [9.17, 15) is 4.79 Å². The summed E-state index contributed by atoms with van der Waals surface area (Å²) in [6.45, 7) is 1.79. The molecular weight excluding hydrogens is 348 g/mol. The Hall–Kier alpha value is -2.38. The van der Waals surface area contributed by atoms with Gasteiger partial charge in [0, 0.05) is 16.3 Å². The molecule has 0 aliphatic carbocycles. The summed E-state index contributed by atoms with van der Waals surface area (Å²) < 4.78 is 5.23. The van der Waals surface area contributed by atoms with Gasteiger partial charge in [-0.1, -0.05) is 23.7 Å². The topological polar surface area (TPSA) is 93.0 Å². The minimum Gasteiger partial charge on any atom is -0.466 e. The van der Waals surface area contributed by atoms with Gasteiger partial charge in [-0.25, -0.2) is 9.78 Å². The molecule has 3 rings (SSSR count). The van der Waals surface area contributed by atoms with E-state index < -0.39 is 11.9 Å². The molecule has 0 fully saturated rings. The summed E-state index contributed by atoms with van der Waals surface area (Å²) in [5.41, 5.74) is 8.75. The number of rotatable bonds is 2. The van der Waals surface area contributed by atoms with Crippen LogP contribution in [0.4, 0.5) is 11.6 Å². The molecular formula is C16H15ClN4O2S. The molecule has 1 aromatic heterocycles. The molecule has 1 atom stereocenters. The van der Waals surface area contributed by atoms with Gasteiger partial charge in [0.1, 0.15) is 11.6 Å². The lowest BCUT2D eigenvalue weighted by Crippen LogP contribution is -2.26. The number of aromatic nitrogens is 2. The first-order valence-corrected chi connectivity index (χ1v) is 7.92. The molecule has 0 bridgehead atoms. The normalized spacial score (nSPS) is 16.4. The van der Waals surface area contributed by atoms with Gasteiger partial charge in [-0.15, -0.1) is 0 Å². The number of esters is 1. The Morgan fingerprint density at radius 1 is 1.38 bits per heavy atom. The predicted octanol–water partition coefficient (Wildman–Crippen LogP) is 3.38. The molecule has 1 unspecified atom stereocenters. The number of H-pyrrole nitrogens is 1. The van der Waals surface area contributed by atoms with Gasteiger partial charge in [-0.2, -0.15) is 0 Å². The quantitative estimate of drug-likeness (QED) is 0.560. The first-order chi connectivity index (χ1) is 11.4. The van der Waals surface area contributed by atoms with Crippen molar-refractivity contribution in [3.8, 4) is 0 Å². The van der Waals surface area contributed by atoms with E-state index in [1.54, 1.807) is 19.1 Å². The van der Waals surface area contributed by atoms with Crippen LogP contribution in [0.2, 0.25) is 5.02 Å². The molecule has 24 heavy (non-hydrogen) atoms. The van der Waals surface area contributed by atoms with E-state index in [1.165, 1.54) is 7.11 Å². The Morgan fingerprint density at radius 2 is 2.04 bits per heavy atom. The zero-order valence-corrected chi connectivity index (χ0v) is 14.6. The SMILES string of the molecule is COC(=O)C1=C(C)Nc2nc(=S)[nH]c(N)c2C1c1ccc(Cl)cc1. The van der Waals surface area contributed by atoms with Gasteiger partial charge in [0.25, 0.3) is 0 Å². The Kier molecular flexibility index (Phi) is 4.29. The Labute approximate surface area is 148 Å². The van der Waals surface area contributed by atoms with Crippen LogP contribution in [0.15, 0.2) is 35.5 Å². The molecule has 8 heteroatoms. The fraction of sp³-hybridized carbons (Fsp3) is 0.188. The van der Waals surface area contributed by atoms with Crippen molar-refractivity contribution in [2.45, 2.75) is 12.8 Å². The van der Waals surface area contributed by atoms with Crippen LogP contribution < -0.4 is 11.1 Å². The summed E-state index contributed by atoms with van der Waals surface area (Å²) in [5.74, 6) is 0.00507. The Morgan fingerprint density at radius 3 is 2.67 bits per heavy atom. The highest BCUT2D eigenvalue weighted by atomic mass is 35.5. The highest BCUT2D eigenvalue weighted by Gasteiger charge is 2.35. The zero-order chi connectivity index (χ0) is 17.4. The average Bonchev–Trinajstić information content (AvgIpc) is 2.53. The van der Waals surface area contributed by atoms with Crippen molar-refractivity contribution in [3.63, 3.8) is 0 Å². The average molecular weight is 363 g/mol. The van der Waals surface area contributed by atoms with Crippen molar-refractivity contribution >= 4 is 41.4 Å². The number of nitrogens with one attached hydrogen (secondary N) is 2. The first kappa shape index (κ1) is 16.5. The number of halogens is 1. The van der Waals surface area contributed by atoms with E-state index in [-0.39, 0.29) is 4.77 Å². The molecule has 0 saturated carbocycles. The highest BCUT2D eigenvalue weighted by molar-refractivity contribution is 7.71. The third kappa shape index (κ3) is 2.76. The molecule has 0 amide bonds. The van der Waals surface area contributed by atoms with E-state index in [1.807, 2.05) is 12.1 Å². The Balaban J connectivity index is 2.29. The Bertz CT molecular complexity index is 905.